The predicted octanol–water partition coefficient (Wildman–Crippen LogP) is 3.50. The highest BCUT2D eigenvalue weighted by atomic mass is 16.3. The Bertz CT molecular complexity index is 394. The van der Waals surface area contributed by atoms with Crippen LogP contribution in [0.2, 0.25) is 0 Å². The molecule has 3 unspecified atom stereocenters. The van der Waals surface area contributed by atoms with E-state index in [1.807, 2.05) is 6.26 Å². The predicted molar refractivity (Wildman–Crippen MR) is 83.3 cm³/mol. The zero-order chi connectivity index (χ0) is 14.8. The molecule has 2 N–H and O–H groups in total. The third-order valence-electron chi connectivity index (χ3n) is 5.06. The minimum Gasteiger partial charge on any atom is -0.472 e. The van der Waals surface area contributed by atoms with Crippen LogP contribution < -0.4 is 5.73 Å². The fourth-order valence-electron chi connectivity index (χ4n) is 3.60. The van der Waals surface area contributed by atoms with Crippen molar-refractivity contribution in [2.75, 3.05) is 13.6 Å². The van der Waals surface area contributed by atoms with E-state index < -0.39 is 0 Å². The molecule has 0 aromatic carbocycles. The molecule has 0 spiro atoms. The number of nitrogens with zero attached hydrogens (tertiary/aromatic N) is 1. The highest BCUT2D eigenvalue weighted by Crippen LogP contribution is 2.41. The van der Waals surface area contributed by atoms with Gasteiger partial charge in [0.15, 0.2) is 0 Å². The maximum atomic E-state index is 6.01. The first-order valence-electron chi connectivity index (χ1n) is 7.83. The van der Waals surface area contributed by atoms with Gasteiger partial charge in [-0.05, 0) is 56.2 Å². The van der Waals surface area contributed by atoms with Gasteiger partial charge in [-0.1, -0.05) is 20.8 Å². The lowest BCUT2D eigenvalue weighted by Crippen LogP contribution is -2.46. The summed E-state index contributed by atoms with van der Waals surface area (Å²) in [6.45, 7) is 8.86. The molecule has 1 aliphatic rings. The molecule has 0 amide bonds. The van der Waals surface area contributed by atoms with Crippen LogP contribution in [-0.2, 0) is 6.54 Å². The van der Waals surface area contributed by atoms with Gasteiger partial charge >= 0.3 is 0 Å². The van der Waals surface area contributed by atoms with Crippen LogP contribution in [-0.4, -0.2) is 24.5 Å². The van der Waals surface area contributed by atoms with E-state index in [2.05, 4.69) is 38.8 Å². The molecule has 1 aliphatic carbocycles. The number of nitrogens with two attached hydrogens (primary N) is 1. The van der Waals surface area contributed by atoms with E-state index in [4.69, 9.17) is 10.2 Å². The van der Waals surface area contributed by atoms with E-state index in [0.29, 0.717) is 17.4 Å². The second kappa shape index (κ2) is 6.31. The zero-order valence-corrected chi connectivity index (χ0v) is 13.4. The smallest absolute Gasteiger partial charge is 0.0947 e. The topological polar surface area (TPSA) is 42.4 Å². The summed E-state index contributed by atoms with van der Waals surface area (Å²) in [5, 5.41) is 0. The van der Waals surface area contributed by atoms with Gasteiger partial charge in [0.2, 0.25) is 0 Å². The van der Waals surface area contributed by atoms with Crippen molar-refractivity contribution in [3.63, 3.8) is 0 Å². The van der Waals surface area contributed by atoms with Crippen molar-refractivity contribution in [1.82, 2.24) is 4.90 Å². The Morgan fingerprint density at radius 2 is 2.10 bits per heavy atom. The summed E-state index contributed by atoms with van der Waals surface area (Å²) in [5.74, 6) is 1.42. The molecule has 1 aromatic heterocycles. The lowest BCUT2D eigenvalue weighted by atomic mass is 9.67. The van der Waals surface area contributed by atoms with Gasteiger partial charge in [0.1, 0.15) is 0 Å². The van der Waals surface area contributed by atoms with E-state index in [1.54, 1.807) is 6.26 Å². The molecule has 1 heterocycles. The van der Waals surface area contributed by atoms with Gasteiger partial charge in [0, 0.05) is 18.2 Å². The van der Waals surface area contributed by atoms with Crippen molar-refractivity contribution in [3.05, 3.63) is 24.2 Å². The SMILES string of the molecule is CN(Cc1ccoc1)C1CC(C(C)(C)C)CCC1CN. The van der Waals surface area contributed by atoms with Crippen molar-refractivity contribution < 1.29 is 4.42 Å². The molecule has 3 nitrogen and oxygen atoms in total. The van der Waals surface area contributed by atoms with Crippen LogP contribution in [0.5, 0.6) is 0 Å². The van der Waals surface area contributed by atoms with Gasteiger partial charge in [-0.25, -0.2) is 0 Å². The first kappa shape index (κ1) is 15.6. The number of hydrogen-bond donors (Lipinski definition) is 1. The Balaban J connectivity index is 2.04. The maximum absolute atomic E-state index is 6.01. The molecule has 0 saturated heterocycles. The van der Waals surface area contributed by atoms with Gasteiger partial charge < -0.3 is 10.2 Å². The van der Waals surface area contributed by atoms with Gasteiger partial charge in [0.05, 0.1) is 12.5 Å². The summed E-state index contributed by atoms with van der Waals surface area (Å²) in [7, 11) is 2.23. The minimum absolute atomic E-state index is 0.397. The molecule has 0 radical (unpaired) electrons. The number of furan rings is 1. The molecule has 1 saturated carbocycles. The average molecular weight is 278 g/mol. The second-order valence-corrected chi connectivity index (χ2v) is 7.49. The molecule has 2 rings (SSSR count). The Morgan fingerprint density at radius 1 is 1.35 bits per heavy atom. The molecule has 20 heavy (non-hydrogen) atoms. The van der Waals surface area contributed by atoms with E-state index in [-0.39, 0.29) is 0 Å². The second-order valence-electron chi connectivity index (χ2n) is 7.49. The summed E-state index contributed by atoms with van der Waals surface area (Å²) in [6.07, 6.45) is 7.44. The van der Waals surface area contributed by atoms with Crippen molar-refractivity contribution in [2.24, 2.45) is 23.0 Å². The van der Waals surface area contributed by atoms with Crippen molar-refractivity contribution >= 4 is 0 Å². The lowest BCUT2D eigenvalue weighted by molar-refractivity contribution is 0.0554. The van der Waals surface area contributed by atoms with Gasteiger partial charge in [-0.3, -0.25) is 4.90 Å². The average Bonchev–Trinajstić information content (AvgIpc) is 2.89. The zero-order valence-electron chi connectivity index (χ0n) is 13.4. The normalized spacial score (nSPS) is 28.0. The highest BCUT2D eigenvalue weighted by molar-refractivity contribution is 5.05. The largest absolute Gasteiger partial charge is 0.472 e. The van der Waals surface area contributed by atoms with Gasteiger partial charge in [-0.15, -0.1) is 0 Å². The summed E-state index contributed by atoms with van der Waals surface area (Å²) in [5.41, 5.74) is 7.66. The van der Waals surface area contributed by atoms with Crippen LogP contribution in [0.15, 0.2) is 23.0 Å². The number of hydrogen-bond acceptors (Lipinski definition) is 3. The van der Waals surface area contributed by atoms with E-state index in [9.17, 15) is 0 Å². The molecule has 1 aromatic rings. The minimum atomic E-state index is 0.397. The first-order valence-corrected chi connectivity index (χ1v) is 7.83. The van der Waals surface area contributed by atoms with Crippen LogP contribution in [0, 0.1) is 17.3 Å². The molecule has 3 heteroatoms. The fraction of sp³-hybridized carbons (Fsp3) is 0.765. The fourth-order valence-corrected chi connectivity index (χ4v) is 3.60. The summed E-state index contributed by atoms with van der Waals surface area (Å²) < 4.78 is 5.18. The van der Waals surface area contributed by atoms with Crippen LogP contribution in [0.1, 0.15) is 45.6 Å². The molecule has 0 bridgehead atoms. The molecular weight excluding hydrogens is 248 g/mol. The molecule has 1 fully saturated rings. The lowest BCUT2D eigenvalue weighted by Gasteiger charge is -2.45. The molecule has 114 valence electrons. The van der Waals surface area contributed by atoms with Gasteiger partial charge in [0.25, 0.3) is 0 Å². The third-order valence-corrected chi connectivity index (χ3v) is 5.06. The maximum Gasteiger partial charge on any atom is 0.0947 e. The van der Waals surface area contributed by atoms with Crippen LogP contribution >= 0.6 is 0 Å². The van der Waals surface area contributed by atoms with E-state index >= 15 is 0 Å². The summed E-state index contributed by atoms with van der Waals surface area (Å²) in [6, 6.07) is 2.64. The quantitative estimate of drug-likeness (QED) is 0.916. The first-order chi connectivity index (χ1) is 9.41. The highest BCUT2D eigenvalue weighted by Gasteiger charge is 2.36. The standard InChI is InChI=1S/C17H30N2O/c1-17(2,3)15-6-5-14(10-18)16(9-15)19(4)11-13-7-8-20-12-13/h7-8,12,14-16H,5-6,9-11,18H2,1-4H3. The van der Waals surface area contributed by atoms with Crippen molar-refractivity contribution in [3.8, 4) is 0 Å². The van der Waals surface area contributed by atoms with Gasteiger partial charge in [-0.2, -0.15) is 0 Å². The van der Waals surface area contributed by atoms with Crippen molar-refractivity contribution in [1.29, 1.82) is 0 Å². The Kier molecular flexibility index (Phi) is 4.92. The number of rotatable bonds is 4. The monoisotopic (exact) mass is 278 g/mol. The van der Waals surface area contributed by atoms with E-state index in [1.165, 1.54) is 24.8 Å². The summed E-state index contributed by atoms with van der Waals surface area (Å²) in [4.78, 5) is 2.47. The molecule has 3 atom stereocenters. The molecule has 0 aliphatic heterocycles. The molecular formula is C17H30N2O. The Hall–Kier alpha value is -0.800. The van der Waals surface area contributed by atoms with Crippen molar-refractivity contribution in [2.45, 2.75) is 52.6 Å². The third kappa shape index (κ3) is 3.64. The summed E-state index contributed by atoms with van der Waals surface area (Å²) >= 11 is 0. The van der Waals surface area contributed by atoms with Crippen LogP contribution in [0.3, 0.4) is 0 Å². The van der Waals surface area contributed by atoms with Crippen LogP contribution in [0.25, 0.3) is 0 Å². The van der Waals surface area contributed by atoms with E-state index in [0.717, 1.165) is 19.0 Å². The Labute approximate surface area is 123 Å². The van der Waals surface area contributed by atoms with Crippen LogP contribution in [0.4, 0.5) is 0 Å². The Morgan fingerprint density at radius 3 is 2.65 bits per heavy atom.